The molecular formula is C15H22N2O3. The molecule has 1 N–H and O–H groups in total. The quantitative estimate of drug-likeness (QED) is 0.767. The van der Waals surface area contributed by atoms with Crippen molar-refractivity contribution in [2.45, 2.75) is 44.1 Å². The first-order valence-corrected chi connectivity index (χ1v) is 7.81. The number of carbonyl (C=O) groups excluding carboxylic acids is 2. The highest BCUT2D eigenvalue weighted by Crippen LogP contribution is 2.59. The minimum Gasteiger partial charge on any atom is -0.381 e. The van der Waals surface area contributed by atoms with Crippen molar-refractivity contribution in [2.75, 3.05) is 26.3 Å². The summed E-state index contributed by atoms with van der Waals surface area (Å²) in [4.78, 5) is 26.8. The number of amides is 2. The van der Waals surface area contributed by atoms with E-state index in [0.29, 0.717) is 19.5 Å². The van der Waals surface area contributed by atoms with Gasteiger partial charge in [0.2, 0.25) is 11.8 Å². The highest BCUT2D eigenvalue weighted by atomic mass is 16.5. The highest BCUT2D eigenvalue weighted by Gasteiger charge is 2.62. The van der Waals surface area contributed by atoms with Crippen LogP contribution in [0.25, 0.3) is 0 Å². The maximum Gasteiger partial charge on any atom is 0.226 e. The Morgan fingerprint density at radius 1 is 1.35 bits per heavy atom. The first-order chi connectivity index (χ1) is 9.65. The zero-order chi connectivity index (χ0) is 13.8. The minimum absolute atomic E-state index is 0.106. The number of hydrogen-bond donors (Lipinski definition) is 1. The monoisotopic (exact) mass is 278 g/mol. The summed E-state index contributed by atoms with van der Waals surface area (Å²) in [5.41, 5.74) is -0.0212. The third kappa shape index (κ3) is 1.72. The molecule has 0 bridgehead atoms. The first-order valence-electron chi connectivity index (χ1n) is 7.81. The maximum atomic E-state index is 12.9. The Kier molecular flexibility index (Phi) is 2.65. The van der Waals surface area contributed by atoms with Crippen LogP contribution in [-0.4, -0.2) is 48.6 Å². The van der Waals surface area contributed by atoms with Crippen molar-refractivity contribution in [2.24, 2.45) is 11.3 Å². The molecule has 5 nitrogen and oxygen atoms in total. The van der Waals surface area contributed by atoms with E-state index in [1.54, 1.807) is 0 Å². The molecule has 2 saturated carbocycles. The van der Waals surface area contributed by atoms with Crippen LogP contribution in [0.1, 0.15) is 38.5 Å². The molecule has 110 valence electrons. The predicted molar refractivity (Wildman–Crippen MR) is 71.9 cm³/mol. The summed E-state index contributed by atoms with van der Waals surface area (Å²) in [5, 5.41) is 2.92. The van der Waals surface area contributed by atoms with E-state index in [2.05, 4.69) is 5.32 Å². The van der Waals surface area contributed by atoms with Gasteiger partial charge in [0.1, 0.15) is 0 Å². The summed E-state index contributed by atoms with van der Waals surface area (Å²) in [5.74, 6) is 0.539. The SMILES string of the molecule is O=C1CC2(CCC2)N(C(=O)C2CC23CCOC3)CCN1. The fraction of sp³-hybridized carbons (Fsp3) is 0.867. The number of ether oxygens (including phenoxy) is 1. The van der Waals surface area contributed by atoms with E-state index in [0.717, 1.165) is 45.3 Å². The van der Waals surface area contributed by atoms with Gasteiger partial charge in [-0.2, -0.15) is 0 Å². The number of nitrogens with one attached hydrogen (secondary N) is 1. The molecular weight excluding hydrogens is 256 g/mol. The van der Waals surface area contributed by atoms with E-state index < -0.39 is 0 Å². The van der Waals surface area contributed by atoms with Crippen LogP contribution >= 0.6 is 0 Å². The van der Waals surface area contributed by atoms with Gasteiger partial charge < -0.3 is 15.0 Å². The van der Waals surface area contributed by atoms with Crippen LogP contribution in [0.4, 0.5) is 0 Å². The molecule has 5 heteroatoms. The lowest BCUT2D eigenvalue weighted by Gasteiger charge is -2.49. The van der Waals surface area contributed by atoms with Crippen molar-refractivity contribution < 1.29 is 14.3 Å². The van der Waals surface area contributed by atoms with E-state index >= 15 is 0 Å². The summed E-state index contributed by atoms with van der Waals surface area (Å²) in [6, 6.07) is 0. The molecule has 2 aliphatic heterocycles. The van der Waals surface area contributed by atoms with Gasteiger partial charge in [0, 0.05) is 37.5 Å². The van der Waals surface area contributed by atoms with Gasteiger partial charge in [-0.1, -0.05) is 0 Å². The molecule has 4 aliphatic rings. The maximum absolute atomic E-state index is 12.9. The van der Waals surface area contributed by atoms with Gasteiger partial charge in [-0.25, -0.2) is 0 Å². The third-order valence-corrected chi connectivity index (χ3v) is 5.89. The van der Waals surface area contributed by atoms with Crippen LogP contribution in [0.2, 0.25) is 0 Å². The first kappa shape index (κ1) is 12.6. The molecule has 20 heavy (non-hydrogen) atoms. The van der Waals surface area contributed by atoms with Crippen LogP contribution in [0.5, 0.6) is 0 Å². The van der Waals surface area contributed by atoms with Gasteiger partial charge in [-0.15, -0.1) is 0 Å². The van der Waals surface area contributed by atoms with Crippen LogP contribution in [0.3, 0.4) is 0 Å². The Labute approximate surface area is 119 Å². The summed E-state index contributed by atoms with van der Waals surface area (Å²) >= 11 is 0. The van der Waals surface area contributed by atoms with Gasteiger partial charge in [0.15, 0.2) is 0 Å². The van der Waals surface area contributed by atoms with Crippen molar-refractivity contribution in [1.82, 2.24) is 10.2 Å². The third-order valence-electron chi connectivity index (χ3n) is 5.89. The summed E-state index contributed by atoms with van der Waals surface area (Å²) in [7, 11) is 0. The molecule has 4 fully saturated rings. The molecule has 0 aromatic heterocycles. The number of nitrogens with zero attached hydrogens (tertiary/aromatic N) is 1. The fourth-order valence-corrected chi connectivity index (χ4v) is 4.32. The lowest BCUT2D eigenvalue weighted by atomic mass is 9.72. The number of rotatable bonds is 1. The Balaban J connectivity index is 1.54. The van der Waals surface area contributed by atoms with E-state index in [4.69, 9.17) is 4.74 Å². The number of carbonyl (C=O) groups is 2. The van der Waals surface area contributed by atoms with Crippen molar-refractivity contribution in [1.29, 1.82) is 0 Å². The summed E-state index contributed by atoms with van der Waals surface area (Å²) < 4.78 is 5.49. The molecule has 2 aliphatic carbocycles. The molecule has 4 rings (SSSR count). The van der Waals surface area contributed by atoms with Crippen LogP contribution < -0.4 is 5.32 Å². The minimum atomic E-state index is -0.166. The molecule has 2 saturated heterocycles. The zero-order valence-corrected chi connectivity index (χ0v) is 11.8. The Morgan fingerprint density at radius 2 is 2.20 bits per heavy atom. The number of hydrogen-bond acceptors (Lipinski definition) is 3. The fourth-order valence-electron chi connectivity index (χ4n) is 4.32. The molecule has 2 unspecified atom stereocenters. The average molecular weight is 278 g/mol. The van der Waals surface area contributed by atoms with Crippen LogP contribution in [0.15, 0.2) is 0 Å². The van der Waals surface area contributed by atoms with E-state index in [9.17, 15) is 9.59 Å². The Bertz CT molecular complexity index is 452. The molecule has 2 heterocycles. The van der Waals surface area contributed by atoms with E-state index in [1.165, 1.54) is 0 Å². The van der Waals surface area contributed by atoms with Gasteiger partial charge >= 0.3 is 0 Å². The van der Waals surface area contributed by atoms with Crippen molar-refractivity contribution >= 4 is 11.8 Å². The van der Waals surface area contributed by atoms with E-state index in [1.807, 2.05) is 4.90 Å². The largest absolute Gasteiger partial charge is 0.381 e. The van der Waals surface area contributed by atoms with Gasteiger partial charge in [-0.05, 0) is 32.1 Å². The second-order valence-electron chi connectivity index (χ2n) is 7.02. The molecule has 0 aromatic rings. The van der Waals surface area contributed by atoms with Gasteiger partial charge in [-0.3, -0.25) is 9.59 Å². The second-order valence-corrected chi connectivity index (χ2v) is 7.02. The van der Waals surface area contributed by atoms with Gasteiger partial charge in [0.25, 0.3) is 0 Å². The predicted octanol–water partition coefficient (Wildman–Crippen LogP) is 0.684. The Morgan fingerprint density at radius 3 is 2.85 bits per heavy atom. The molecule has 2 atom stereocenters. The lowest BCUT2D eigenvalue weighted by molar-refractivity contribution is -0.144. The summed E-state index contributed by atoms with van der Waals surface area (Å²) in [6.45, 7) is 2.83. The Hall–Kier alpha value is -1.10. The van der Waals surface area contributed by atoms with E-state index in [-0.39, 0.29) is 28.7 Å². The zero-order valence-electron chi connectivity index (χ0n) is 11.8. The van der Waals surface area contributed by atoms with Crippen LogP contribution in [0, 0.1) is 11.3 Å². The average Bonchev–Trinajstić information content (AvgIpc) is 2.94. The van der Waals surface area contributed by atoms with Gasteiger partial charge in [0.05, 0.1) is 12.1 Å². The normalized spacial score (nSPS) is 38.5. The smallest absolute Gasteiger partial charge is 0.226 e. The van der Waals surface area contributed by atoms with Crippen LogP contribution in [-0.2, 0) is 14.3 Å². The van der Waals surface area contributed by atoms with Crippen molar-refractivity contribution in [3.8, 4) is 0 Å². The molecule has 0 aromatic carbocycles. The standard InChI is InChI=1S/C15H22N2O3/c18-12-9-15(2-1-3-15)17(6-5-16-12)13(19)11-8-14(11)4-7-20-10-14/h11H,1-10H2,(H,16,18). The topological polar surface area (TPSA) is 58.6 Å². The molecule has 2 spiro atoms. The molecule has 0 radical (unpaired) electrons. The summed E-state index contributed by atoms with van der Waals surface area (Å²) in [6.07, 6.45) is 5.62. The highest BCUT2D eigenvalue weighted by molar-refractivity contribution is 5.86. The lowest BCUT2D eigenvalue weighted by Crippen LogP contribution is -2.57. The van der Waals surface area contributed by atoms with Crippen molar-refractivity contribution in [3.63, 3.8) is 0 Å². The second kappa shape index (κ2) is 4.20. The van der Waals surface area contributed by atoms with Crippen molar-refractivity contribution in [3.05, 3.63) is 0 Å². The molecule has 2 amide bonds.